The Hall–Kier alpha value is -2.01. The fourth-order valence-corrected chi connectivity index (χ4v) is 2.99. The van der Waals surface area contributed by atoms with Crippen LogP contribution in [0.15, 0.2) is 30.3 Å². The number of nitrogens with one attached hydrogen (secondary N) is 1. The van der Waals surface area contributed by atoms with Crippen molar-refractivity contribution in [1.29, 1.82) is 0 Å². The van der Waals surface area contributed by atoms with Crippen molar-refractivity contribution in [2.24, 2.45) is 0 Å². The van der Waals surface area contributed by atoms with E-state index in [0.717, 1.165) is 24.3 Å². The Morgan fingerprint density at radius 2 is 1.88 bits per heavy atom. The molecule has 1 aromatic carbocycles. The molecule has 0 saturated carbocycles. The summed E-state index contributed by atoms with van der Waals surface area (Å²) in [5.41, 5.74) is 1.41. The first-order chi connectivity index (χ1) is 11.8. The van der Waals surface area contributed by atoms with Gasteiger partial charge in [-0.25, -0.2) is 0 Å². The molecule has 0 aliphatic carbocycles. The van der Waals surface area contributed by atoms with Crippen molar-refractivity contribution in [3.63, 3.8) is 0 Å². The molecule has 1 N–H and O–H groups in total. The van der Waals surface area contributed by atoms with E-state index < -0.39 is 0 Å². The van der Waals surface area contributed by atoms with Gasteiger partial charge in [-0.15, -0.1) is 0 Å². The Balaban J connectivity index is 1.55. The summed E-state index contributed by atoms with van der Waals surface area (Å²) in [6.45, 7) is 7.63. The van der Waals surface area contributed by atoms with Crippen molar-refractivity contribution in [3.05, 3.63) is 46.7 Å². The molecule has 134 valence electrons. The molecule has 0 spiro atoms. The molecule has 1 aromatic heterocycles. The minimum absolute atomic E-state index is 0.0170. The van der Waals surface area contributed by atoms with Gasteiger partial charge in [-0.05, 0) is 30.3 Å². The highest BCUT2D eigenvalue weighted by Gasteiger charge is 2.27. The van der Waals surface area contributed by atoms with Crippen LogP contribution in [0.25, 0.3) is 0 Å². The highest BCUT2D eigenvalue weighted by atomic mass is 35.5. The molecule has 0 atom stereocenters. The predicted octanol–water partition coefficient (Wildman–Crippen LogP) is 4.04. The van der Waals surface area contributed by atoms with Crippen LogP contribution in [-0.2, 0) is 5.41 Å². The summed E-state index contributed by atoms with van der Waals surface area (Å²) < 4.78 is 5.97. The van der Waals surface area contributed by atoms with E-state index in [2.05, 4.69) is 31.0 Å². The van der Waals surface area contributed by atoms with Crippen molar-refractivity contribution in [3.8, 4) is 5.75 Å². The third-order valence-electron chi connectivity index (χ3n) is 4.45. The topological polar surface area (TPSA) is 58.2 Å². The van der Waals surface area contributed by atoms with Gasteiger partial charge in [-0.2, -0.15) is 5.10 Å². The molecule has 1 amide bonds. The summed E-state index contributed by atoms with van der Waals surface area (Å²) in [7, 11) is 0. The van der Waals surface area contributed by atoms with E-state index in [1.54, 1.807) is 0 Å². The third kappa shape index (κ3) is 4.34. The summed E-state index contributed by atoms with van der Waals surface area (Å²) in [6, 6.07) is 9.24. The Morgan fingerprint density at radius 1 is 1.24 bits per heavy atom. The lowest BCUT2D eigenvalue weighted by molar-refractivity contribution is 0.0590. The Labute approximate surface area is 153 Å². The molecule has 1 aliphatic heterocycles. The SMILES string of the molecule is CC(C)(C)c1cc(C(=O)N2CCC(Oc3ccc(Cl)cc3)CC2)n[nH]1. The van der Waals surface area contributed by atoms with Crippen molar-refractivity contribution in [2.75, 3.05) is 13.1 Å². The number of aromatic amines is 1. The van der Waals surface area contributed by atoms with E-state index in [1.165, 1.54) is 0 Å². The van der Waals surface area contributed by atoms with Gasteiger partial charge in [0.1, 0.15) is 17.5 Å². The molecule has 0 unspecified atom stereocenters. The first-order valence-electron chi connectivity index (χ1n) is 8.60. The first kappa shape index (κ1) is 17.8. The second-order valence-electron chi connectivity index (χ2n) is 7.48. The largest absolute Gasteiger partial charge is 0.490 e. The second-order valence-corrected chi connectivity index (χ2v) is 7.92. The van der Waals surface area contributed by atoms with E-state index >= 15 is 0 Å². The van der Waals surface area contributed by atoms with Crippen molar-refractivity contribution >= 4 is 17.5 Å². The van der Waals surface area contributed by atoms with E-state index in [1.807, 2.05) is 35.2 Å². The van der Waals surface area contributed by atoms with Gasteiger partial charge in [-0.3, -0.25) is 9.89 Å². The lowest BCUT2D eigenvalue weighted by atomic mass is 9.92. The number of nitrogens with zero attached hydrogens (tertiary/aromatic N) is 2. The smallest absolute Gasteiger partial charge is 0.274 e. The van der Waals surface area contributed by atoms with E-state index in [4.69, 9.17) is 16.3 Å². The van der Waals surface area contributed by atoms with Crippen LogP contribution < -0.4 is 4.74 Å². The van der Waals surface area contributed by atoms with Crippen LogP contribution in [-0.4, -0.2) is 40.2 Å². The number of rotatable bonds is 3. The van der Waals surface area contributed by atoms with Crippen LogP contribution in [0.1, 0.15) is 49.8 Å². The predicted molar refractivity (Wildman–Crippen MR) is 98.3 cm³/mol. The molecule has 0 bridgehead atoms. The van der Waals surface area contributed by atoms with Gasteiger partial charge in [0.25, 0.3) is 5.91 Å². The standard InChI is InChI=1S/C19H24ClN3O2/c1-19(2,3)17-12-16(21-22-17)18(24)23-10-8-15(9-11-23)25-14-6-4-13(20)5-7-14/h4-7,12,15H,8-11H2,1-3H3,(H,21,22). The zero-order chi connectivity index (χ0) is 18.0. The summed E-state index contributed by atoms with van der Waals surface area (Å²) in [4.78, 5) is 14.5. The van der Waals surface area contributed by atoms with Crippen LogP contribution in [0.5, 0.6) is 5.75 Å². The minimum atomic E-state index is -0.0507. The molecule has 3 rings (SSSR count). The molecule has 2 heterocycles. The maximum Gasteiger partial charge on any atom is 0.274 e. The van der Waals surface area contributed by atoms with Gasteiger partial charge in [0, 0.05) is 42.1 Å². The maximum absolute atomic E-state index is 12.6. The van der Waals surface area contributed by atoms with Crippen LogP contribution >= 0.6 is 11.6 Å². The Kier molecular flexibility index (Phi) is 5.04. The number of carbonyl (C=O) groups is 1. The quantitative estimate of drug-likeness (QED) is 0.897. The summed E-state index contributed by atoms with van der Waals surface area (Å²) >= 11 is 5.89. The number of amides is 1. The molecular formula is C19H24ClN3O2. The number of carbonyl (C=O) groups excluding carboxylic acids is 1. The summed E-state index contributed by atoms with van der Waals surface area (Å²) in [5.74, 6) is 0.799. The molecule has 0 radical (unpaired) electrons. The zero-order valence-electron chi connectivity index (χ0n) is 14.9. The van der Waals surface area contributed by atoms with Gasteiger partial charge < -0.3 is 9.64 Å². The van der Waals surface area contributed by atoms with Gasteiger partial charge in [0.2, 0.25) is 0 Å². The fraction of sp³-hybridized carbons (Fsp3) is 0.474. The molecule has 1 saturated heterocycles. The number of H-pyrrole nitrogens is 1. The summed E-state index contributed by atoms with van der Waals surface area (Å²) in [5, 5.41) is 7.87. The van der Waals surface area contributed by atoms with Crippen molar-refractivity contribution in [1.82, 2.24) is 15.1 Å². The molecular weight excluding hydrogens is 338 g/mol. The molecule has 1 aliphatic rings. The molecule has 2 aromatic rings. The zero-order valence-corrected chi connectivity index (χ0v) is 15.6. The molecule has 1 fully saturated rings. The molecule has 5 nitrogen and oxygen atoms in total. The number of halogens is 1. The summed E-state index contributed by atoms with van der Waals surface area (Å²) in [6.07, 6.45) is 1.74. The number of hydrogen-bond acceptors (Lipinski definition) is 3. The average molecular weight is 362 g/mol. The number of hydrogen-bond donors (Lipinski definition) is 1. The number of likely N-dealkylation sites (tertiary alicyclic amines) is 1. The fourth-order valence-electron chi connectivity index (χ4n) is 2.86. The van der Waals surface area contributed by atoms with Crippen LogP contribution in [0.3, 0.4) is 0 Å². The number of piperidine rings is 1. The second kappa shape index (κ2) is 7.08. The van der Waals surface area contributed by atoms with Crippen LogP contribution in [0.2, 0.25) is 5.02 Å². The van der Waals surface area contributed by atoms with Gasteiger partial charge in [0.05, 0.1) is 0 Å². The van der Waals surface area contributed by atoms with Gasteiger partial charge in [0.15, 0.2) is 0 Å². The monoisotopic (exact) mass is 361 g/mol. The Morgan fingerprint density at radius 3 is 2.44 bits per heavy atom. The van der Waals surface area contributed by atoms with Crippen molar-refractivity contribution < 1.29 is 9.53 Å². The normalized spacial score (nSPS) is 16.1. The lowest BCUT2D eigenvalue weighted by Gasteiger charge is -2.31. The average Bonchev–Trinajstić information content (AvgIpc) is 3.07. The first-order valence-corrected chi connectivity index (χ1v) is 8.98. The molecule has 6 heteroatoms. The maximum atomic E-state index is 12.6. The number of ether oxygens (including phenoxy) is 1. The van der Waals surface area contributed by atoms with E-state index in [-0.39, 0.29) is 17.4 Å². The third-order valence-corrected chi connectivity index (χ3v) is 4.70. The van der Waals surface area contributed by atoms with Crippen LogP contribution in [0.4, 0.5) is 0 Å². The molecule has 25 heavy (non-hydrogen) atoms. The lowest BCUT2D eigenvalue weighted by Crippen LogP contribution is -2.41. The van der Waals surface area contributed by atoms with E-state index in [9.17, 15) is 4.79 Å². The highest BCUT2D eigenvalue weighted by molar-refractivity contribution is 6.30. The van der Waals surface area contributed by atoms with E-state index in [0.29, 0.717) is 23.8 Å². The Bertz CT molecular complexity index is 726. The van der Waals surface area contributed by atoms with Crippen molar-refractivity contribution in [2.45, 2.75) is 45.1 Å². The number of benzene rings is 1. The minimum Gasteiger partial charge on any atom is -0.490 e. The number of aromatic nitrogens is 2. The van der Waals surface area contributed by atoms with Crippen LogP contribution in [0, 0.1) is 0 Å². The highest BCUT2D eigenvalue weighted by Crippen LogP contribution is 2.23. The van der Waals surface area contributed by atoms with Gasteiger partial charge in [-0.1, -0.05) is 32.4 Å². The van der Waals surface area contributed by atoms with Gasteiger partial charge >= 0.3 is 0 Å².